The number of halogens is 4. The normalized spacial score (nSPS) is 19.7. The molecule has 234 valence electrons. The van der Waals surface area contributed by atoms with Gasteiger partial charge in [-0.25, -0.2) is 0 Å². The lowest BCUT2D eigenvalue weighted by molar-refractivity contribution is -0.120. The predicted molar refractivity (Wildman–Crippen MR) is 194 cm³/mol. The summed E-state index contributed by atoms with van der Waals surface area (Å²) in [6.45, 7) is 3.94. The maximum Gasteiger partial charge on any atom is 0.252 e. The Morgan fingerprint density at radius 3 is 2.07 bits per heavy atom. The molecule has 0 saturated carbocycles. The molecule has 0 bridgehead atoms. The van der Waals surface area contributed by atoms with E-state index in [1.807, 2.05) is 62.4 Å². The van der Waals surface area contributed by atoms with Gasteiger partial charge in [-0.3, -0.25) is 4.79 Å². The number of aliphatic hydroxyl groups is 1. The molecule has 5 rings (SSSR count). The molecule has 6 nitrogen and oxygen atoms in total. The molecular weight excluding hydrogens is 862 g/mol. The number of carbonyl (C=O) groups is 1. The molecule has 2 N–H and O–H groups in total. The minimum Gasteiger partial charge on any atom is -0.496 e. The molecular formula is C32H31Br4NO5S2. The summed E-state index contributed by atoms with van der Waals surface area (Å²) in [5.74, 6) is 3.44. The van der Waals surface area contributed by atoms with E-state index in [1.165, 1.54) is 0 Å². The summed E-state index contributed by atoms with van der Waals surface area (Å²) in [5, 5.41) is 15.6. The van der Waals surface area contributed by atoms with E-state index in [0.717, 1.165) is 46.9 Å². The third kappa shape index (κ3) is 6.64. The highest BCUT2D eigenvalue weighted by molar-refractivity contribution is 9.11. The molecule has 1 amide bonds. The zero-order valence-corrected chi connectivity index (χ0v) is 32.4. The topological polar surface area (TPSA) is 77.0 Å². The van der Waals surface area contributed by atoms with E-state index in [9.17, 15) is 9.90 Å². The fourth-order valence-electron chi connectivity index (χ4n) is 5.52. The smallest absolute Gasteiger partial charge is 0.252 e. The van der Waals surface area contributed by atoms with E-state index in [1.54, 1.807) is 37.7 Å². The molecule has 0 aromatic heterocycles. The Bertz CT molecular complexity index is 1600. The van der Waals surface area contributed by atoms with Gasteiger partial charge < -0.3 is 24.6 Å². The van der Waals surface area contributed by atoms with Gasteiger partial charge in [0.2, 0.25) is 0 Å². The highest BCUT2D eigenvalue weighted by Crippen LogP contribution is 2.60. The van der Waals surface area contributed by atoms with Gasteiger partial charge in [0.25, 0.3) is 5.91 Å². The number of ether oxygens (including phenoxy) is 3. The van der Waals surface area contributed by atoms with Crippen LogP contribution >= 0.6 is 87.2 Å². The summed E-state index contributed by atoms with van der Waals surface area (Å²) < 4.78 is 19.2. The van der Waals surface area contributed by atoms with Gasteiger partial charge >= 0.3 is 0 Å². The van der Waals surface area contributed by atoms with Crippen LogP contribution < -0.4 is 19.5 Å². The number of hydrogen-bond acceptors (Lipinski definition) is 7. The zero-order valence-electron chi connectivity index (χ0n) is 24.4. The number of rotatable bonds is 9. The molecule has 3 aromatic carbocycles. The Balaban J connectivity index is 1.77. The molecule has 1 atom stereocenters. The lowest BCUT2D eigenvalue weighted by atomic mass is 9.87. The third-order valence-electron chi connectivity index (χ3n) is 7.28. The highest BCUT2D eigenvalue weighted by Gasteiger charge is 2.54. The molecule has 2 aliphatic heterocycles. The van der Waals surface area contributed by atoms with Crippen molar-refractivity contribution in [3.05, 3.63) is 88.7 Å². The first-order chi connectivity index (χ1) is 20.9. The second-order valence-electron chi connectivity index (χ2n) is 10.7. The number of amides is 1. The van der Waals surface area contributed by atoms with Gasteiger partial charge in [0, 0.05) is 12.0 Å². The first-order valence-electron chi connectivity index (χ1n) is 13.8. The quantitative estimate of drug-likeness (QED) is 0.222. The molecule has 3 aromatic rings. The second kappa shape index (κ2) is 13.9. The van der Waals surface area contributed by atoms with Crippen LogP contribution in [0.2, 0.25) is 0 Å². The minimum atomic E-state index is -1.70. The van der Waals surface area contributed by atoms with Crippen molar-refractivity contribution in [2.24, 2.45) is 0 Å². The Labute approximate surface area is 300 Å². The number of benzene rings is 3. The van der Waals surface area contributed by atoms with E-state index in [0.29, 0.717) is 34.0 Å². The van der Waals surface area contributed by atoms with E-state index in [-0.39, 0.29) is 18.4 Å². The Morgan fingerprint density at radius 1 is 0.864 bits per heavy atom. The number of thioether (sulfide) groups is 2. The molecule has 0 spiro atoms. The van der Waals surface area contributed by atoms with E-state index in [2.05, 4.69) is 69.0 Å². The molecule has 1 unspecified atom stereocenters. The first-order valence-corrected chi connectivity index (χ1v) is 19.0. The molecule has 0 aliphatic carbocycles. The molecule has 44 heavy (non-hydrogen) atoms. The van der Waals surface area contributed by atoms with Gasteiger partial charge in [-0.2, -0.15) is 0 Å². The van der Waals surface area contributed by atoms with Crippen molar-refractivity contribution < 1.29 is 24.1 Å². The van der Waals surface area contributed by atoms with Crippen LogP contribution in [0.25, 0.3) is 5.57 Å². The average Bonchev–Trinajstić information content (AvgIpc) is 3.23. The minimum absolute atomic E-state index is 0.0163. The summed E-state index contributed by atoms with van der Waals surface area (Å²) in [6.07, 6.45) is 1.14. The fourth-order valence-corrected chi connectivity index (χ4v) is 11.5. The van der Waals surface area contributed by atoms with Crippen LogP contribution in [0.1, 0.15) is 37.0 Å². The van der Waals surface area contributed by atoms with Crippen LogP contribution in [0.3, 0.4) is 0 Å². The maximum absolute atomic E-state index is 14.3. The average molecular weight is 893 g/mol. The largest absolute Gasteiger partial charge is 0.496 e. The monoisotopic (exact) mass is 889 g/mol. The van der Waals surface area contributed by atoms with Gasteiger partial charge in [-0.1, -0.05) is 12.1 Å². The van der Waals surface area contributed by atoms with Gasteiger partial charge in [0.1, 0.15) is 21.3 Å². The molecule has 1 fully saturated rings. The van der Waals surface area contributed by atoms with Crippen LogP contribution in [-0.4, -0.2) is 48.6 Å². The van der Waals surface area contributed by atoms with Crippen LogP contribution in [0.15, 0.2) is 72.0 Å². The summed E-state index contributed by atoms with van der Waals surface area (Å²) in [4.78, 5) is 14.3. The molecule has 2 aliphatic rings. The summed E-state index contributed by atoms with van der Waals surface area (Å²) in [7, 11) is 3.23. The Hall–Kier alpha value is -1.15. The van der Waals surface area contributed by atoms with Gasteiger partial charge in [0.05, 0.1) is 43.8 Å². The fraction of sp³-hybridized carbons (Fsp3) is 0.344. The van der Waals surface area contributed by atoms with Crippen molar-refractivity contribution in [1.29, 1.82) is 0 Å². The SMILES string of the molecule is COc1ccc(CC2(O)NC(=O)C(C3(c4cc(Br)c(OC)c(Br)c4)SCCCS3)=C2c2ccc(OC(C)C)c(Br)c2)cc1Br. The van der Waals surface area contributed by atoms with Crippen LogP contribution in [0.5, 0.6) is 17.2 Å². The Morgan fingerprint density at radius 2 is 1.50 bits per heavy atom. The van der Waals surface area contributed by atoms with Crippen LogP contribution in [0.4, 0.5) is 0 Å². The van der Waals surface area contributed by atoms with Crippen LogP contribution in [0, 0.1) is 0 Å². The second-order valence-corrected chi connectivity index (χ2v) is 17.0. The number of hydrogen-bond donors (Lipinski definition) is 2. The highest BCUT2D eigenvalue weighted by atomic mass is 79.9. The van der Waals surface area contributed by atoms with Crippen LogP contribution in [-0.2, 0) is 15.3 Å². The lowest BCUT2D eigenvalue weighted by Crippen LogP contribution is -2.46. The summed E-state index contributed by atoms with van der Waals surface area (Å²) in [5.41, 5.74) is 1.82. The molecule has 1 saturated heterocycles. The molecule has 12 heteroatoms. The predicted octanol–water partition coefficient (Wildman–Crippen LogP) is 9.08. The third-order valence-corrected chi connectivity index (χ3v) is 13.1. The van der Waals surface area contributed by atoms with Crippen molar-refractivity contribution >= 4 is 98.7 Å². The van der Waals surface area contributed by atoms with Gasteiger partial charge in [0.15, 0.2) is 5.72 Å². The van der Waals surface area contributed by atoms with Crippen molar-refractivity contribution in [2.45, 2.75) is 42.6 Å². The number of carbonyl (C=O) groups excluding carboxylic acids is 1. The summed E-state index contributed by atoms with van der Waals surface area (Å²) >= 11 is 18.0. The van der Waals surface area contributed by atoms with Crippen molar-refractivity contribution in [1.82, 2.24) is 5.32 Å². The van der Waals surface area contributed by atoms with Gasteiger partial charge in [-0.15, -0.1) is 23.5 Å². The Kier molecular flexibility index (Phi) is 10.8. The van der Waals surface area contributed by atoms with Crippen molar-refractivity contribution in [2.75, 3.05) is 25.7 Å². The lowest BCUT2D eigenvalue weighted by Gasteiger charge is -2.38. The number of methoxy groups -OCH3 is 2. The summed E-state index contributed by atoms with van der Waals surface area (Å²) in [6, 6.07) is 15.4. The molecule has 2 heterocycles. The van der Waals surface area contributed by atoms with E-state index < -0.39 is 9.80 Å². The van der Waals surface area contributed by atoms with Crippen molar-refractivity contribution in [3.63, 3.8) is 0 Å². The molecule has 0 radical (unpaired) electrons. The van der Waals surface area contributed by atoms with Crippen molar-refractivity contribution in [3.8, 4) is 17.2 Å². The van der Waals surface area contributed by atoms with E-state index >= 15 is 0 Å². The van der Waals surface area contributed by atoms with Gasteiger partial charge in [-0.05, 0) is 149 Å². The maximum atomic E-state index is 14.3. The zero-order chi connectivity index (χ0) is 31.8. The number of nitrogens with one attached hydrogen (secondary N) is 1. The first kappa shape index (κ1) is 34.2. The van der Waals surface area contributed by atoms with E-state index in [4.69, 9.17) is 14.2 Å². The standard InChI is InChI=1S/C32H31Br4NO5S2/c1-17(2)42-26-9-7-19(13-22(26)34)27-28(30(38)37-31(27,39)16-18-6-8-25(40-3)21(33)12-18)32(43-10-5-11-44-32)20-14-23(35)29(41-4)24(36)15-20/h6-9,12-15,17,39H,5,10-11,16H2,1-4H3,(H,37,38).